The van der Waals surface area contributed by atoms with Gasteiger partial charge in [-0.2, -0.15) is 5.26 Å². The standard InChI is InChI=1S/C11H8ClFN2O/c12-7-2-1-3-8(13)9(7)15-10(16)11(6-14)4-5-11/h1-3H,4-5H2,(H,15,16). The quantitative estimate of drug-likeness (QED) is 0.861. The predicted octanol–water partition coefficient (Wildman–Crippen LogP) is 2.72. The molecule has 2 rings (SSSR count). The normalized spacial score (nSPS) is 16.3. The number of amides is 1. The van der Waals surface area contributed by atoms with Gasteiger partial charge < -0.3 is 5.32 Å². The first-order chi connectivity index (χ1) is 7.59. The number of nitrogens with zero attached hydrogens (tertiary/aromatic N) is 1. The van der Waals surface area contributed by atoms with Crippen molar-refractivity contribution in [1.29, 1.82) is 5.26 Å². The summed E-state index contributed by atoms with van der Waals surface area (Å²) in [5.41, 5.74) is -1.04. The zero-order valence-electron chi connectivity index (χ0n) is 8.26. The van der Waals surface area contributed by atoms with Gasteiger partial charge in [0.2, 0.25) is 5.91 Å². The van der Waals surface area contributed by atoms with Gasteiger partial charge in [0.05, 0.1) is 16.8 Å². The van der Waals surface area contributed by atoms with Crippen LogP contribution in [0.2, 0.25) is 5.02 Å². The van der Waals surface area contributed by atoms with Crippen LogP contribution in [-0.2, 0) is 4.79 Å². The highest BCUT2D eigenvalue weighted by atomic mass is 35.5. The van der Waals surface area contributed by atoms with E-state index in [1.54, 1.807) is 0 Å². The lowest BCUT2D eigenvalue weighted by Gasteiger charge is -2.10. The van der Waals surface area contributed by atoms with Gasteiger partial charge >= 0.3 is 0 Å². The van der Waals surface area contributed by atoms with Gasteiger partial charge in [0.1, 0.15) is 11.2 Å². The lowest BCUT2D eigenvalue weighted by molar-refractivity contribution is -0.119. The first-order valence-electron chi connectivity index (χ1n) is 4.76. The second-order valence-corrected chi connectivity index (χ2v) is 4.15. The molecule has 0 unspecified atom stereocenters. The largest absolute Gasteiger partial charge is 0.321 e. The lowest BCUT2D eigenvalue weighted by Crippen LogP contribution is -2.23. The summed E-state index contributed by atoms with van der Waals surface area (Å²) in [6, 6.07) is 6.06. The Labute approximate surface area is 96.8 Å². The topological polar surface area (TPSA) is 52.9 Å². The second-order valence-electron chi connectivity index (χ2n) is 3.74. The van der Waals surface area contributed by atoms with Crippen molar-refractivity contribution in [2.45, 2.75) is 12.8 Å². The molecule has 1 aromatic carbocycles. The molecule has 16 heavy (non-hydrogen) atoms. The molecular weight excluding hydrogens is 231 g/mol. The van der Waals surface area contributed by atoms with E-state index in [0.717, 1.165) is 0 Å². The van der Waals surface area contributed by atoms with Crippen molar-refractivity contribution in [3.8, 4) is 6.07 Å². The summed E-state index contributed by atoms with van der Waals surface area (Å²) in [5.74, 6) is -1.09. The van der Waals surface area contributed by atoms with E-state index in [9.17, 15) is 9.18 Å². The Morgan fingerprint density at radius 3 is 2.75 bits per heavy atom. The third-order valence-electron chi connectivity index (χ3n) is 2.60. The number of para-hydroxylation sites is 1. The summed E-state index contributed by atoms with van der Waals surface area (Å²) in [6.07, 6.45) is 1.03. The fraction of sp³-hybridized carbons (Fsp3) is 0.273. The van der Waals surface area contributed by atoms with Crippen LogP contribution in [0.25, 0.3) is 0 Å². The molecule has 0 bridgehead atoms. The molecule has 1 aliphatic carbocycles. The molecule has 1 aliphatic rings. The smallest absolute Gasteiger partial charge is 0.244 e. The van der Waals surface area contributed by atoms with Crippen LogP contribution < -0.4 is 5.32 Å². The maximum Gasteiger partial charge on any atom is 0.244 e. The van der Waals surface area contributed by atoms with Crippen molar-refractivity contribution in [1.82, 2.24) is 0 Å². The fourth-order valence-corrected chi connectivity index (χ4v) is 1.58. The molecule has 0 spiro atoms. The van der Waals surface area contributed by atoms with E-state index in [2.05, 4.69) is 5.32 Å². The Morgan fingerprint density at radius 1 is 1.56 bits per heavy atom. The molecule has 1 saturated carbocycles. The highest BCUT2D eigenvalue weighted by molar-refractivity contribution is 6.33. The molecule has 3 nitrogen and oxygen atoms in total. The Bertz CT molecular complexity index is 471. The number of rotatable bonds is 2. The lowest BCUT2D eigenvalue weighted by atomic mass is 10.1. The number of anilines is 1. The van der Waals surface area contributed by atoms with E-state index in [4.69, 9.17) is 16.9 Å². The van der Waals surface area contributed by atoms with Crippen LogP contribution in [0.1, 0.15) is 12.8 Å². The van der Waals surface area contributed by atoms with E-state index in [0.29, 0.717) is 12.8 Å². The van der Waals surface area contributed by atoms with Crippen LogP contribution in [0, 0.1) is 22.6 Å². The molecule has 1 N–H and O–H groups in total. The number of hydrogen-bond acceptors (Lipinski definition) is 2. The Morgan fingerprint density at radius 2 is 2.25 bits per heavy atom. The van der Waals surface area contributed by atoms with E-state index in [-0.39, 0.29) is 10.7 Å². The van der Waals surface area contributed by atoms with E-state index in [1.165, 1.54) is 18.2 Å². The minimum Gasteiger partial charge on any atom is -0.321 e. The molecule has 82 valence electrons. The van der Waals surface area contributed by atoms with Gasteiger partial charge in [-0.05, 0) is 25.0 Å². The average molecular weight is 239 g/mol. The molecule has 1 aromatic rings. The zero-order chi connectivity index (χ0) is 11.8. The van der Waals surface area contributed by atoms with Gasteiger partial charge in [-0.15, -0.1) is 0 Å². The third kappa shape index (κ3) is 1.74. The van der Waals surface area contributed by atoms with Gasteiger partial charge in [-0.3, -0.25) is 4.79 Å². The molecule has 1 fully saturated rings. The van der Waals surface area contributed by atoms with Crippen molar-refractivity contribution in [2.24, 2.45) is 5.41 Å². The Hall–Kier alpha value is -1.60. The Kier molecular flexibility index (Phi) is 2.56. The zero-order valence-corrected chi connectivity index (χ0v) is 9.01. The minimum atomic E-state index is -0.981. The van der Waals surface area contributed by atoms with Crippen LogP contribution in [0.3, 0.4) is 0 Å². The van der Waals surface area contributed by atoms with Crippen LogP contribution in [0.15, 0.2) is 18.2 Å². The van der Waals surface area contributed by atoms with Crippen LogP contribution in [-0.4, -0.2) is 5.91 Å². The van der Waals surface area contributed by atoms with Gasteiger partial charge in [-0.1, -0.05) is 17.7 Å². The summed E-state index contributed by atoms with van der Waals surface area (Å²) < 4.78 is 13.3. The summed E-state index contributed by atoms with van der Waals surface area (Å²) in [6.45, 7) is 0. The Balaban J connectivity index is 2.23. The molecular formula is C11H8ClFN2O. The average Bonchev–Trinajstić information content (AvgIpc) is 3.04. The predicted molar refractivity (Wildman–Crippen MR) is 57.3 cm³/mol. The van der Waals surface area contributed by atoms with Gasteiger partial charge in [0.15, 0.2) is 0 Å². The molecule has 0 atom stereocenters. The van der Waals surface area contributed by atoms with Crippen LogP contribution in [0.5, 0.6) is 0 Å². The second kappa shape index (κ2) is 3.76. The number of nitrogens with one attached hydrogen (secondary N) is 1. The maximum atomic E-state index is 13.3. The maximum absolute atomic E-state index is 13.3. The number of nitriles is 1. The molecule has 0 radical (unpaired) electrons. The highest BCUT2D eigenvalue weighted by Crippen LogP contribution is 2.46. The van der Waals surface area contributed by atoms with E-state index < -0.39 is 17.1 Å². The molecule has 0 heterocycles. The van der Waals surface area contributed by atoms with Crippen molar-refractivity contribution in [2.75, 3.05) is 5.32 Å². The third-order valence-corrected chi connectivity index (χ3v) is 2.91. The first-order valence-corrected chi connectivity index (χ1v) is 5.13. The number of benzene rings is 1. The molecule has 0 aliphatic heterocycles. The monoisotopic (exact) mass is 238 g/mol. The van der Waals surface area contributed by atoms with Crippen molar-refractivity contribution in [3.63, 3.8) is 0 Å². The number of carbonyl (C=O) groups excluding carboxylic acids is 1. The summed E-state index contributed by atoms with van der Waals surface area (Å²) in [5, 5.41) is 11.3. The number of halogens is 2. The summed E-state index contributed by atoms with van der Waals surface area (Å²) in [4.78, 5) is 11.7. The van der Waals surface area contributed by atoms with Crippen LogP contribution in [0.4, 0.5) is 10.1 Å². The van der Waals surface area contributed by atoms with Crippen molar-refractivity contribution >= 4 is 23.2 Å². The summed E-state index contributed by atoms with van der Waals surface area (Å²) >= 11 is 5.75. The molecule has 5 heteroatoms. The molecule has 0 saturated heterocycles. The minimum absolute atomic E-state index is 0.0595. The molecule has 1 amide bonds. The highest BCUT2D eigenvalue weighted by Gasteiger charge is 2.50. The van der Waals surface area contributed by atoms with E-state index >= 15 is 0 Å². The summed E-state index contributed by atoms with van der Waals surface area (Å²) in [7, 11) is 0. The number of hydrogen-bond donors (Lipinski definition) is 1. The van der Waals surface area contributed by atoms with Crippen molar-refractivity contribution < 1.29 is 9.18 Å². The fourth-order valence-electron chi connectivity index (χ4n) is 1.37. The molecule has 0 aromatic heterocycles. The van der Waals surface area contributed by atoms with Crippen LogP contribution >= 0.6 is 11.6 Å². The number of carbonyl (C=O) groups is 1. The van der Waals surface area contributed by atoms with Gasteiger partial charge in [0.25, 0.3) is 0 Å². The van der Waals surface area contributed by atoms with E-state index in [1.807, 2.05) is 6.07 Å². The first kappa shape index (κ1) is 10.9. The van der Waals surface area contributed by atoms with Gasteiger partial charge in [0, 0.05) is 0 Å². The SMILES string of the molecule is N#CC1(C(=O)Nc2c(F)cccc2Cl)CC1. The van der Waals surface area contributed by atoms with Gasteiger partial charge in [-0.25, -0.2) is 4.39 Å². The van der Waals surface area contributed by atoms with Crippen molar-refractivity contribution in [3.05, 3.63) is 29.0 Å².